The molecule has 1 N–H and O–H groups in total. The molecular weight excluding hydrogens is 350 g/mol. The molecule has 1 aliphatic carbocycles. The summed E-state index contributed by atoms with van der Waals surface area (Å²) in [4.78, 5) is 18.2. The van der Waals surface area contributed by atoms with Crippen LogP contribution in [0.4, 0.5) is 0 Å². The Morgan fingerprint density at radius 3 is 2.88 bits per heavy atom. The Balaban J connectivity index is 1.69. The molecule has 0 saturated carbocycles. The molecule has 0 spiro atoms. The molecule has 0 unspecified atom stereocenters. The van der Waals surface area contributed by atoms with Gasteiger partial charge >= 0.3 is 5.97 Å². The lowest BCUT2D eigenvalue weighted by atomic mass is 9.88. The topological polar surface area (TPSA) is 50.2 Å². The number of hydrogen-bond acceptors (Lipinski definition) is 4. The van der Waals surface area contributed by atoms with Crippen molar-refractivity contribution in [1.82, 2.24) is 4.98 Å². The van der Waals surface area contributed by atoms with E-state index in [1.165, 1.54) is 32.2 Å². The minimum absolute atomic E-state index is 0.200. The summed E-state index contributed by atoms with van der Waals surface area (Å²) >= 11 is 3.67. The van der Waals surface area contributed by atoms with Gasteiger partial charge in [-0.3, -0.25) is 4.79 Å². The van der Waals surface area contributed by atoms with Crippen molar-refractivity contribution in [3.8, 4) is 0 Å². The van der Waals surface area contributed by atoms with Crippen molar-refractivity contribution in [2.75, 3.05) is 5.75 Å². The largest absolute Gasteiger partial charge is 0.481 e. The number of aryl methyl sites for hydroxylation is 3. The van der Waals surface area contributed by atoms with Crippen LogP contribution in [0, 0.1) is 13.8 Å². The predicted octanol–water partition coefficient (Wildman–Crippen LogP) is 5.29. The molecule has 0 fully saturated rings. The maximum atomic E-state index is 10.9. The standard InChI is InChI=1S/C20H23NO2S2/c1-13-18(21-14(2)25-13)11-12-24-19-8-4-6-16-15(9-10-20(22)23)5-3-7-17(16)19/h4-6,8H,3,7,9-12H2,1-2H3,(H,22,23). The summed E-state index contributed by atoms with van der Waals surface area (Å²) in [5, 5.41) is 10.1. The van der Waals surface area contributed by atoms with Crippen molar-refractivity contribution in [3.05, 3.63) is 51.0 Å². The van der Waals surface area contributed by atoms with Gasteiger partial charge in [-0.1, -0.05) is 18.2 Å². The fourth-order valence-electron chi connectivity index (χ4n) is 3.30. The monoisotopic (exact) mass is 373 g/mol. The Morgan fingerprint density at radius 2 is 2.16 bits per heavy atom. The van der Waals surface area contributed by atoms with Gasteiger partial charge in [-0.15, -0.1) is 23.1 Å². The molecule has 132 valence electrons. The second-order valence-corrected chi connectivity index (χ2v) is 8.82. The Kier molecular flexibility index (Phi) is 5.97. The highest BCUT2D eigenvalue weighted by Gasteiger charge is 2.17. The molecule has 2 aromatic rings. The number of carboxylic acids is 1. The summed E-state index contributed by atoms with van der Waals surface area (Å²) in [7, 11) is 0. The number of nitrogens with zero attached hydrogens (tertiary/aromatic N) is 1. The molecular formula is C20H23NO2S2. The van der Waals surface area contributed by atoms with Crippen molar-refractivity contribution in [2.24, 2.45) is 0 Å². The number of aromatic nitrogens is 1. The molecule has 5 heteroatoms. The van der Waals surface area contributed by atoms with E-state index in [9.17, 15) is 4.79 Å². The number of thiazole rings is 1. The summed E-state index contributed by atoms with van der Waals surface area (Å²) in [6.07, 6.45) is 6.07. The smallest absolute Gasteiger partial charge is 0.303 e. The molecule has 1 aliphatic rings. The molecule has 0 saturated heterocycles. The number of carbonyl (C=O) groups is 1. The average molecular weight is 374 g/mol. The van der Waals surface area contributed by atoms with Gasteiger partial charge in [-0.05, 0) is 55.9 Å². The van der Waals surface area contributed by atoms with E-state index in [0.717, 1.165) is 30.0 Å². The second kappa shape index (κ2) is 8.19. The number of allylic oxidation sites excluding steroid dienone is 2. The molecule has 0 atom stereocenters. The van der Waals surface area contributed by atoms with E-state index in [-0.39, 0.29) is 6.42 Å². The van der Waals surface area contributed by atoms with Gasteiger partial charge in [0.15, 0.2) is 0 Å². The summed E-state index contributed by atoms with van der Waals surface area (Å²) in [6, 6.07) is 6.43. The minimum Gasteiger partial charge on any atom is -0.481 e. The van der Waals surface area contributed by atoms with Gasteiger partial charge in [-0.2, -0.15) is 0 Å². The van der Waals surface area contributed by atoms with Gasteiger partial charge < -0.3 is 5.11 Å². The lowest BCUT2D eigenvalue weighted by molar-refractivity contribution is -0.136. The van der Waals surface area contributed by atoms with E-state index in [4.69, 9.17) is 5.11 Å². The van der Waals surface area contributed by atoms with Crippen LogP contribution in [0.25, 0.3) is 5.57 Å². The van der Waals surface area contributed by atoms with Crippen LogP contribution in [-0.4, -0.2) is 21.8 Å². The highest BCUT2D eigenvalue weighted by atomic mass is 32.2. The molecule has 1 aromatic heterocycles. The quantitative estimate of drug-likeness (QED) is 0.670. The van der Waals surface area contributed by atoms with Crippen LogP contribution in [0.1, 0.15) is 46.0 Å². The SMILES string of the molecule is Cc1nc(CCSc2cccc3c2CCC=C3CCC(=O)O)c(C)s1. The Bertz CT molecular complexity index is 808. The molecule has 0 aliphatic heterocycles. The molecule has 25 heavy (non-hydrogen) atoms. The van der Waals surface area contributed by atoms with Gasteiger partial charge in [0.2, 0.25) is 0 Å². The third kappa shape index (κ3) is 4.53. The van der Waals surface area contributed by atoms with E-state index in [0.29, 0.717) is 6.42 Å². The van der Waals surface area contributed by atoms with Crippen molar-refractivity contribution >= 4 is 34.6 Å². The third-order valence-electron chi connectivity index (χ3n) is 4.47. The van der Waals surface area contributed by atoms with Gasteiger partial charge in [-0.25, -0.2) is 4.98 Å². The number of fused-ring (bicyclic) bond motifs is 1. The van der Waals surface area contributed by atoms with Crippen molar-refractivity contribution in [3.63, 3.8) is 0 Å². The van der Waals surface area contributed by atoms with Crippen molar-refractivity contribution in [2.45, 2.75) is 50.8 Å². The summed E-state index contributed by atoms with van der Waals surface area (Å²) < 4.78 is 0. The van der Waals surface area contributed by atoms with Crippen LogP contribution < -0.4 is 0 Å². The van der Waals surface area contributed by atoms with Crippen molar-refractivity contribution < 1.29 is 9.90 Å². The molecule has 3 nitrogen and oxygen atoms in total. The number of rotatable bonds is 7. The number of thioether (sulfide) groups is 1. The van der Waals surface area contributed by atoms with Crippen LogP contribution in [-0.2, 0) is 17.6 Å². The first-order valence-electron chi connectivity index (χ1n) is 8.63. The van der Waals surface area contributed by atoms with Crippen LogP contribution >= 0.6 is 23.1 Å². The predicted molar refractivity (Wildman–Crippen MR) is 106 cm³/mol. The zero-order chi connectivity index (χ0) is 17.8. The van der Waals surface area contributed by atoms with E-state index in [1.54, 1.807) is 11.3 Å². The maximum Gasteiger partial charge on any atom is 0.303 e. The summed E-state index contributed by atoms with van der Waals surface area (Å²) in [5.41, 5.74) is 5.05. The van der Waals surface area contributed by atoms with E-state index in [2.05, 4.69) is 43.1 Å². The van der Waals surface area contributed by atoms with Gasteiger partial charge in [0, 0.05) is 28.4 Å². The highest BCUT2D eigenvalue weighted by molar-refractivity contribution is 7.99. The maximum absolute atomic E-state index is 10.9. The minimum atomic E-state index is -0.729. The zero-order valence-electron chi connectivity index (χ0n) is 14.7. The fraction of sp³-hybridized carbons (Fsp3) is 0.400. The highest BCUT2D eigenvalue weighted by Crippen LogP contribution is 2.36. The zero-order valence-corrected chi connectivity index (χ0v) is 16.3. The number of carboxylic acid groups (broad SMARTS) is 1. The van der Waals surface area contributed by atoms with Crippen LogP contribution in [0.15, 0.2) is 29.2 Å². The van der Waals surface area contributed by atoms with Crippen molar-refractivity contribution in [1.29, 1.82) is 0 Å². The van der Waals surface area contributed by atoms with Gasteiger partial charge in [0.1, 0.15) is 0 Å². The number of hydrogen-bond donors (Lipinski definition) is 1. The number of aliphatic carboxylic acids is 1. The molecule has 1 aromatic carbocycles. The lowest BCUT2D eigenvalue weighted by Crippen LogP contribution is -2.04. The first kappa shape index (κ1) is 18.2. The van der Waals surface area contributed by atoms with E-state index < -0.39 is 5.97 Å². The first-order valence-corrected chi connectivity index (χ1v) is 10.4. The normalized spacial score (nSPS) is 13.4. The van der Waals surface area contributed by atoms with E-state index >= 15 is 0 Å². The van der Waals surface area contributed by atoms with Crippen LogP contribution in [0.2, 0.25) is 0 Å². The second-order valence-electron chi connectivity index (χ2n) is 6.28. The fourth-order valence-corrected chi connectivity index (χ4v) is 5.24. The van der Waals surface area contributed by atoms with E-state index in [1.807, 2.05) is 11.8 Å². The summed E-state index contributed by atoms with van der Waals surface area (Å²) in [5.74, 6) is 0.293. The average Bonchev–Trinajstić information content (AvgIpc) is 2.90. The first-order chi connectivity index (χ1) is 12.0. The molecule has 3 rings (SSSR count). The number of benzene rings is 1. The third-order valence-corrected chi connectivity index (χ3v) is 6.50. The lowest BCUT2D eigenvalue weighted by Gasteiger charge is -2.20. The molecule has 0 amide bonds. The van der Waals surface area contributed by atoms with Gasteiger partial charge in [0.25, 0.3) is 0 Å². The Morgan fingerprint density at radius 1 is 1.32 bits per heavy atom. The Labute approximate surface area is 157 Å². The molecule has 1 heterocycles. The summed E-state index contributed by atoms with van der Waals surface area (Å²) in [6.45, 7) is 4.21. The molecule has 0 radical (unpaired) electrons. The molecule has 0 bridgehead atoms. The van der Waals surface area contributed by atoms with Gasteiger partial charge in [0.05, 0.1) is 10.7 Å². The van der Waals surface area contributed by atoms with Crippen LogP contribution in [0.5, 0.6) is 0 Å². The Hall–Kier alpha value is -1.59. The van der Waals surface area contributed by atoms with Crippen LogP contribution in [0.3, 0.4) is 0 Å².